The third-order valence-electron chi connectivity index (χ3n) is 5.20. The first-order valence-electron chi connectivity index (χ1n) is 10.1. The molecule has 1 aliphatic heterocycles. The molecular weight excluding hydrogens is 420 g/mol. The lowest BCUT2D eigenvalue weighted by atomic mass is 9.97. The van der Waals surface area contributed by atoms with Gasteiger partial charge in [-0.2, -0.15) is 4.31 Å². The van der Waals surface area contributed by atoms with E-state index < -0.39 is 16.0 Å². The van der Waals surface area contributed by atoms with Gasteiger partial charge in [-0.3, -0.25) is 4.79 Å². The number of nitrogens with one attached hydrogen (secondary N) is 1. The highest BCUT2D eigenvalue weighted by molar-refractivity contribution is 7.89. The van der Waals surface area contributed by atoms with Crippen LogP contribution >= 0.6 is 0 Å². The van der Waals surface area contributed by atoms with Crippen LogP contribution in [0.25, 0.3) is 0 Å². The van der Waals surface area contributed by atoms with Crippen LogP contribution in [-0.2, 0) is 19.6 Å². The molecule has 1 fully saturated rings. The number of esters is 1. The Bertz CT molecular complexity index is 1030. The number of rotatable bonds is 7. The highest BCUT2D eigenvalue weighted by Gasteiger charge is 2.32. The molecule has 1 saturated heterocycles. The second kappa shape index (κ2) is 9.93. The summed E-state index contributed by atoms with van der Waals surface area (Å²) < 4.78 is 37.2. The molecule has 0 saturated carbocycles. The summed E-state index contributed by atoms with van der Waals surface area (Å²) in [5.74, 6) is -0.507. The fourth-order valence-electron chi connectivity index (χ4n) is 3.47. The minimum Gasteiger partial charge on any atom is -0.497 e. The standard InChI is InChI=1S/C22H26N2O6S/c1-3-30-22(26)19-6-4-5-7-20(19)23-21(25)16-12-14-24(15-13-16)31(27,28)18-10-8-17(29-2)9-11-18/h4-11,16H,3,12-15H2,1-2H3,(H,23,25). The Morgan fingerprint density at radius 3 is 2.32 bits per heavy atom. The van der Waals surface area contributed by atoms with E-state index >= 15 is 0 Å². The maximum absolute atomic E-state index is 12.9. The molecule has 31 heavy (non-hydrogen) atoms. The first-order valence-corrected chi connectivity index (χ1v) is 11.5. The van der Waals surface area contributed by atoms with Crippen LogP contribution in [0.3, 0.4) is 0 Å². The summed E-state index contributed by atoms with van der Waals surface area (Å²) >= 11 is 0. The largest absolute Gasteiger partial charge is 0.497 e. The van der Waals surface area contributed by atoms with Gasteiger partial charge < -0.3 is 14.8 Å². The Hall–Kier alpha value is -2.91. The van der Waals surface area contributed by atoms with Gasteiger partial charge in [0.05, 0.1) is 29.9 Å². The molecule has 166 valence electrons. The molecule has 1 heterocycles. The Morgan fingerprint density at radius 1 is 1.06 bits per heavy atom. The lowest BCUT2D eigenvalue weighted by Gasteiger charge is -2.30. The topological polar surface area (TPSA) is 102 Å². The lowest BCUT2D eigenvalue weighted by Crippen LogP contribution is -2.41. The molecule has 0 atom stereocenters. The van der Waals surface area contributed by atoms with Gasteiger partial charge in [0.1, 0.15) is 5.75 Å². The average Bonchev–Trinajstić information content (AvgIpc) is 2.79. The fourth-order valence-corrected chi connectivity index (χ4v) is 4.94. The van der Waals surface area contributed by atoms with Crippen molar-refractivity contribution in [1.29, 1.82) is 0 Å². The van der Waals surface area contributed by atoms with E-state index in [0.717, 1.165) is 0 Å². The number of carbonyl (C=O) groups excluding carboxylic acids is 2. The van der Waals surface area contributed by atoms with E-state index in [1.54, 1.807) is 43.3 Å². The molecule has 3 rings (SSSR count). The minimum absolute atomic E-state index is 0.194. The molecule has 0 bridgehead atoms. The number of para-hydroxylation sites is 1. The van der Waals surface area contributed by atoms with Gasteiger partial charge in [0.25, 0.3) is 0 Å². The van der Waals surface area contributed by atoms with Crippen LogP contribution < -0.4 is 10.1 Å². The molecule has 1 N–H and O–H groups in total. The molecule has 0 aliphatic carbocycles. The Kier molecular flexibility index (Phi) is 7.29. The minimum atomic E-state index is -3.63. The van der Waals surface area contributed by atoms with Gasteiger partial charge in [-0.05, 0) is 56.2 Å². The molecule has 1 aliphatic rings. The van der Waals surface area contributed by atoms with Crippen molar-refractivity contribution in [1.82, 2.24) is 4.31 Å². The van der Waals surface area contributed by atoms with Crippen molar-refractivity contribution in [2.75, 3.05) is 32.1 Å². The SMILES string of the molecule is CCOC(=O)c1ccccc1NC(=O)C1CCN(S(=O)(=O)c2ccc(OC)cc2)CC1. The van der Waals surface area contributed by atoms with Crippen LogP contribution in [0.5, 0.6) is 5.75 Å². The quantitative estimate of drug-likeness (QED) is 0.656. The van der Waals surface area contributed by atoms with Crippen molar-refractivity contribution >= 4 is 27.6 Å². The van der Waals surface area contributed by atoms with E-state index in [0.29, 0.717) is 24.3 Å². The Morgan fingerprint density at radius 2 is 1.71 bits per heavy atom. The number of benzene rings is 2. The molecule has 0 unspecified atom stereocenters. The number of hydrogen-bond donors (Lipinski definition) is 1. The molecule has 0 aromatic heterocycles. The summed E-state index contributed by atoms with van der Waals surface area (Å²) in [5.41, 5.74) is 0.677. The van der Waals surface area contributed by atoms with Gasteiger partial charge in [0, 0.05) is 19.0 Å². The zero-order chi connectivity index (χ0) is 22.4. The number of hydrogen-bond acceptors (Lipinski definition) is 6. The van der Waals surface area contributed by atoms with Crippen molar-refractivity contribution in [2.24, 2.45) is 5.92 Å². The average molecular weight is 447 g/mol. The van der Waals surface area contributed by atoms with Crippen LogP contribution in [-0.4, -0.2) is 51.4 Å². The molecule has 0 radical (unpaired) electrons. The predicted molar refractivity (Wildman–Crippen MR) is 116 cm³/mol. The van der Waals surface area contributed by atoms with Gasteiger partial charge >= 0.3 is 5.97 Å². The van der Waals surface area contributed by atoms with Gasteiger partial charge in [-0.15, -0.1) is 0 Å². The summed E-state index contributed by atoms with van der Waals surface area (Å²) in [6, 6.07) is 12.9. The number of amides is 1. The zero-order valence-electron chi connectivity index (χ0n) is 17.5. The number of piperidine rings is 1. The van der Waals surface area contributed by atoms with Gasteiger partial charge in [0.2, 0.25) is 15.9 Å². The summed E-state index contributed by atoms with van der Waals surface area (Å²) in [6.07, 6.45) is 0.783. The van der Waals surface area contributed by atoms with Crippen molar-refractivity contribution in [3.8, 4) is 5.75 Å². The number of ether oxygens (including phenoxy) is 2. The highest BCUT2D eigenvalue weighted by Crippen LogP contribution is 2.26. The van der Waals surface area contributed by atoms with E-state index in [4.69, 9.17) is 9.47 Å². The molecule has 0 spiro atoms. The summed E-state index contributed by atoms with van der Waals surface area (Å²) in [6.45, 7) is 2.44. The molecule has 9 heteroatoms. The number of methoxy groups -OCH3 is 1. The van der Waals surface area contributed by atoms with Crippen LogP contribution in [0.4, 0.5) is 5.69 Å². The van der Waals surface area contributed by atoms with Crippen molar-refractivity contribution in [3.63, 3.8) is 0 Å². The van der Waals surface area contributed by atoms with E-state index in [-0.39, 0.29) is 42.0 Å². The van der Waals surface area contributed by atoms with Crippen LogP contribution in [0.1, 0.15) is 30.1 Å². The Labute approximate surface area is 182 Å². The number of carbonyl (C=O) groups is 2. The Balaban J connectivity index is 1.63. The second-order valence-electron chi connectivity index (χ2n) is 7.11. The highest BCUT2D eigenvalue weighted by atomic mass is 32.2. The third-order valence-corrected chi connectivity index (χ3v) is 7.12. The van der Waals surface area contributed by atoms with Gasteiger partial charge in [-0.25, -0.2) is 13.2 Å². The van der Waals surface area contributed by atoms with E-state index in [2.05, 4.69) is 5.32 Å². The number of sulfonamides is 1. The number of anilines is 1. The second-order valence-corrected chi connectivity index (χ2v) is 9.05. The van der Waals surface area contributed by atoms with Crippen LogP contribution in [0.2, 0.25) is 0 Å². The fraction of sp³-hybridized carbons (Fsp3) is 0.364. The first kappa shape index (κ1) is 22.8. The summed E-state index contributed by atoms with van der Waals surface area (Å²) in [5, 5.41) is 2.80. The van der Waals surface area contributed by atoms with Crippen molar-refractivity contribution in [2.45, 2.75) is 24.7 Å². The monoisotopic (exact) mass is 446 g/mol. The first-order chi connectivity index (χ1) is 14.9. The lowest BCUT2D eigenvalue weighted by molar-refractivity contribution is -0.120. The number of nitrogens with zero attached hydrogens (tertiary/aromatic N) is 1. The molecule has 2 aromatic carbocycles. The van der Waals surface area contributed by atoms with Crippen LogP contribution in [0.15, 0.2) is 53.4 Å². The van der Waals surface area contributed by atoms with E-state index in [9.17, 15) is 18.0 Å². The zero-order valence-corrected chi connectivity index (χ0v) is 18.4. The van der Waals surface area contributed by atoms with Crippen LogP contribution in [0, 0.1) is 5.92 Å². The normalized spacial score (nSPS) is 15.3. The maximum atomic E-state index is 12.9. The predicted octanol–water partition coefficient (Wildman–Crippen LogP) is 2.91. The maximum Gasteiger partial charge on any atom is 0.340 e. The van der Waals surface area contributed by atoms with Gasteiger partial charge in [-0.1, -0.05) is 12.1 Å². The van der Waals surface area contributed by atoms with Crippen molar-refractivity contribution in [3.05, 3.63) is 54.1 Å². The molecule has 1 amide bonds. The van der Waals surface area contributed by atoms with E-state index in [1.165, 1.54) is 23.5 Å². The smallest absolute Gasteiger partial charge is 0.340 e. The molecule has 2 aromatic rings. The van der Waals surface area contributed by atoms with E-state index in [1.807, 2.05) is 0 Å². The summed E-state index contributed by atoms with van der Waals surface area (Å²) in [4.78, 5) is 25.0. The van der Waals surface area contributed by atoms with Crippen molar-refractivity contribution < 1.29 is 27.5 Å². The van der Waals surface area contributed by atoms with Gasteiger partial charge in [0.15, 0.2) is 0 Å². The molecular formula is C22H26N2O6S. The summed E-state index contributed by atoms with van der Waals surface area (Å²) in [7, 11) is -2.12. The molecule has 8 nitrogen and oxygen atoms in total. The third kappa shape index (κ3) is 5.23.